The fourth-order valence-corrected chi connectivity index (χ4v) is 1.91. The molecule has 5 nitrogen and oxygen atoms in total. The van der Waals surface area contributed by atoms with Crippen LogP contribution < -0.4 is 16.0 Å². The van der Waals surface area contributed by atoms with Gasteiger partial charge in [0.2, 0.25) is 0 Å². The van der Waals surface area contributed by atoms with Crippen molar-refractivity contribution in [1.29, 1.82) is 0 Å². The van der Waals surface area contributed by atoms with E-state index in [1.54, 1.807) is 0 Å². The molecule has 0 aromatic heterocycles. The van der Waals surface area contributed by atoms with E-state index in [0.29, 0.717) is 5.96 Å². The Labute approximate surface area is 151 Å². The third kappa shape index (κ3) is 9.83. The van der Waals surface area contributed by atoms with Gasteiger partial charge in [-0.1, -0.05) is 18.2 Å². The van der Waals surface area contributed by atoms with Crippen molar-refractivity contribution in [3.05, 3.63) is 30.3 Å². The van der Waals surface area contributed by atoms with Crippen molar-refractivity contribution in [2.45, 2.75) is 19.8 Å². The molecule has 6 heteroatoms. The molecule has 0 saturated carbocycles. The second-order valence-electron chi connectivity index (χ2n) is 4.85. The Morgan fingerprint density at radius 2 is 2.00 bits per heavy atom. The number of anilines is 1. The Kier molecular flexibility index (Phi) is 13.0. The number of nitrogens with two attached hydrogens (primary N) is 1. The minimum Gasteiger partial charge on any atom is -0.382 e. The molecule has 126 valence electrons. The number of rotatable bonds is 10. The third-order valence-electron chi connectivity index (χ3n) is 3.11. The number of nitrogens with zero attached hydrogens (tertiary/aromatic N) is 2. The van der Waals surface area contributed by atoms with Gasteiger partial charge in [-0.2, -0.15) is 0 Å². The molecule has 0 amide bonds. The molecule has 0 spiro atoms. The summed E-state index contributed by atoms with van der Waals surface area (Å²) in [5.74, 6) is 0.522. The summed E-state index contributed by atoms with van der Waals surface area (Å²) in [7, 11) is 2.09. The summed E-state index contributed by atoms with van der Waals surface area (Å²) in [4.78, 5) is 6.55. The largest absolute Gasteiger partial charge is 0.382 e. The molecule has 1 aromatic carbocycles. The van der Waals surface area contributed by atoms with E-state index >= 15 is 0 Å². The number of hydrogen-bond acceptors (Lipinski definition) is 3. The molecule has 3 N–H and O–H groups in total. The van der Waals surface area contributed by atoms with Crippen LogP contribution in [0.4, 0.5) is 5.69 Å². The van der Waals surface area contributed by atoms with Crippen molar-refractivity contribution in [2.24, 2.45) is 10.7 Å². The molecule has 0 bridgehead atoms. The predicted molar refractivity (Wildman–Crippen MR) is 105 cm³/mol. The summed E-state index contributed by atoms with van der Waals surface area (Å²) < 4.78 is 5.26. The number of ether oxygens (including phenoxy) is 1. The van der Waals surface area contributed by atoms with Gasteiger partial charge in [0.15, 0.2) is 5.96 Å². The molecule has 22 heavy (non-hydrogen) atoms. The molecule has 0 saturated heterocycles. The van der Waals surface area contributed by atoms with Crippen LogP contribution in [0.5, 0.6) is 0 Å². The van der Waals surface area contributed by atoms with Crippen LogP contribution in [0.25, 0.3) is 0 Å². The normalized spacial score (nSPS) is 10.9. The number of benzene rings is 1. The van der Waals surface area contributed by atoms with Crippen molar-refractivity contribution in [3.63, 3.8) is 0 Å². The van der Waals surface area contributed by atoms with Crippen molar-refractivity contribution in [2.75, 3.05) is 44.8 Å². The van der Waals surface area contributed by atoms with Gasteiger partial charge in [0.25, 0.3) is 0 Å². The summed E-state index contributed by atoms with van der Waals surface area (Å²) >= 11 is 0. The lowest BCUT2D eigenvalue weighted by atomic mass is 10.3. The number of aliphatic imine (C=N–C) groups is 1. The monoisotopic (exact) mass is 420 g/mol. The summed E-state index contributed by atoms with van der Waals surface area (Å²) in [6.45, 7) is 6.03. The predicted octanol–water partition coefficient (Wildman–Crippen LogP) is 2.46. The highest BCUT2D eigenvalue weighted by molar-refractivity contribution is 14.0. The molecular weight excluding hydrogens is 391 g/mol. The summed E-state index contributed by atoms with van der Waals surface area (Å²) in [5, 5.41) is 3.10. The Morgan fingerprint density at radius 3 is 2.68 bits per heavy atom. The lowest BCUT2D eigenvalue weighted by Crippen LogP contribution is -2.33. The SMILES string of the molecule is CCOCCCNC(N)=NCCCN(C)c1ccccc1.I. The molecular formula is C16H29IN4O. The van der Waals surface area contributed by atoms with Gasteiger partial charge in [-0.05, 0) is 31.9 Å². The average molecular weight is 420 g/mol. The molecule has 1 rings (SSSR count). The smallest absolute Gasteiger partial charge is 0.188 e. The molecule has 0 atom stereocenters. The van der Waals surface area contributed by atoms with E-state index in [-0.39, 0.29) is 24.0 Å². The van der Waals surface area contributed by atoms with Crippen LogP contribution in [-0.4, -0.2) is 45.9 Å². The van der Waals surface area contributed by atoms with Gasteiger partial charge in [0, 0.05) is 45.6 Å². The first kappa shape index (κ1) is 21.0. The zero-order valence-electron chi connectivity index (χ0n) is 13.6. The quantitative estimate of drug-likeness (QED) is 0.264. The second-order valence-corrected chi connectivity index (χ2v) is 4.85. The zero-order chi connectivity index (χ0) is 15.3. The molecule has 1 aromatic rings. The number of hydrogen-bond donors (Lipinski definition) is 2. The molecule has 0 aliphatic heterocycles. The van der Waals surface area contributed by atoms with Gasteiger partial charge < -0.3 is 20.7 Å². The van der Waals surface area contributed by atoms with Crippen molar-refractivity contribution >= 4 is 35.6 Å². The van der Waals surface area contributed by atoms with Gasteiger partial charge in [-0.25, -0.2) is 0 Å². The molecule has 0 aliphatic rings. The molecule has 0 unspecified atom stereocenters. The highest BCUT2D eigenvalue weighted by atomic mass is 127. The van der Waals surface area contributed by atoms with Crippen LogP contribution in [-0.2, 0) is 4.74 Å². The molecule has 0 aliphatic carbocycles. The zero-order valence-corrected chi connectivity index (χ0v) is 16.0. The van der Waals surface area contributed by atoms with Crippen molar-refractivity contribution < 1.29 is 4.74 Å². The van der Waals surface area contributed by atoms with Gasteiger partial charge in [0.05, 0.1) is 0 Å². The standard InChI is InChI=1S/C16H28N4O.HI/c1-3-21-14-8-12-19-16(17)18-11-7-13-20(2)15-9-5-4-6-10-15;/h4-6,9-10H,3,7-8,11-14H2,1-2H3,(H3,17,18,19);1H. The highest BCUT2D eigenvalue weighted by Gasteiger charge is 1.98. The Morgan fingerprint density at radius 1 is 1.27 bits per heavy atom. The number of para-hydroxylation sites is 1. The minimum atomic E-state index is 0. The van der Waals surface area contributed by atoms with Gasteiger partial charge in [0.1, 0.15) is 0 Å². The summed E-state index contributed by atoms with van der Waals surface area (Å²) in [5.41, 5.74) is 7.03. The number of guanidine groups is 1. The first-order valence-corrected chi connectivity index (χ1v) is 7.61. The van der Waals surface area contributed by atoms with Crippen LogP contribution in [0.2, 0.25) is 0 Å². The van der Waals surface area contributed by atoms with Crippen LogP contribution in [0.15, 0.2) is 35.3 Å². The Balaban J connectivity index is 0.00000441. The first-order valence-electron chi connectivity index (χ1n) is 7.61. The average Bonchev–Trinajstić information content (AvgIpc) is 2.52. The maximum absolute atomic E-state index is 5.80. The van der Waals surface area contributed by atoms with E-state index < -0.39 is 0 Å². The van der Waals surface area contributed by atoms with E-state index in [2.05, 4.69) is 34.4 Å². The lowest BCUT2D eigenvalue weighted by molar-refractivity contribution is 0.145. The number of halogens is 1. The van der Waals surface area contributed by atoms with Crippen molar-refractivity contribution in [1.82, 2.24) is 5.32 Å². The minimum absolute atomic E-state index is 0. The molecule has 0 radical (unpaired) electrons. The van der Waals surface area contributed by atoms with Gasteiger partial charge >= 0.3 is 0 Å². The Bertz CT molecular complexity index is 400. The molecule has 0 fully saturated rings. The van der Waals surface area contributed by atoms with E-state index in [1.807, 2.05) is 25.1 Å². The highest BCUT2D eigenvalue weighted by Crippen LogP contribution is 2.10. The third-order valence-corrected chi connectivity index (χ3v) is 3.11. The van der Waals surface area contributed by atoms with E-state index in [9.17, 15) is 0 Å². The van der Waals surface area contributed by atoms with E-state index in [1.165, 1.54) is 5.69 Å². The van der Waals surface area contributed by atoms with Crippen molar-refractivity contribution in [3.8, 4) is 0 Å². The van der Waals surface area contributed by atoms with Crippen LogP contribution in [0.1, 0.15) is 19.8 Å². The van der Waals surface area contributed by atoms with Gasteiger partial charge in [-0.15, -0.1) is 24.0 Å². The van der Waals surface area contributed by atoms with Crippen LogP contribution >= 0.6 is 24.0 Å². The maximum atomic E-state index is 5.80. The fourth-order valence-electron chi connectivity index (χ4n) is 1.91. The second kappa shape index (κ2) is 13.6. The fraction of sp³-hybridized carbons (Fsp3) is 0.562. The number of nitrogens with one attached hydrogen (secondary N) is 1. The summed E-state index contributed by atoms with van der Waals surface area (Å²) in [6, 6.07) is 10.3. The topological polar surface area (TPSA) is 62.9 Å². The van der Waals surface area contributed by atoms with E-state index in [4.69, 9.17) is 10.5 Å². The molecule has 0 heterocycles. The first-order chi connectivity index (χ1) is 10.2. The summed E-state index contributed by atoms with van der Waals surface area (Å²) in [6.07, 6.45) is 1.92. The lowest BCUT2D eigenvalue weighted by Gasteiger charge is -2.18. The maximum Gasteiger partial charge on any atom is 0.188 e. The Hall–Kier alpha value is -1.02. The van der Waals surface area contributed by atoms with Crippen LogP contribution in [0.3, 0.4) is 0 Å². The van der Waals surface area contributed by atoms with E-state index in [0.717, 1.165) is 45.7 Å². The van der Waals surface area contributed by atoms with Crippen LogP contribution in [0, 0.1) is 0 Å². The van der Waals surface area contributed by atoms with Gasteiger partial charge in [-0.3, -0.25) is 4.99 Å².